The third-order valence-electron chi connectivity index (χ3n) is 3.59. The van der Waals surface area contributed by atoms with Crippen LogP contribution >= 0.6 is 47.4 Å². The number of para-hydroxylation sites is 1. The number of hydrogen-bond acceptors (Lipinski definition) is 5. The van der Waals surface area contributed by atoms with Gasteiger partial charge < -0.3 is 10.1 Å². The maximum absolute atomic E-state index is 12.5. The molecular weight excluding hydrogens is 436 g/mol. The predicted octanol–water partition coefficient (Wildman–Crippen LogP) is 4.07. The number of ether oxygens (including phenoxy) is 1. The maximum atomic E-state index is 12.5. The van der Waals surface area contributed by atoms with Crippen molar-refractivity contribution < 1.29 is 9.53 Å². The van der Waals surface area contributed by atoms with E-state index in [1.807, 2.05) is 42.5 Å². The lowest BCUT2D eigenvalue weighted by Crippen LogP contribution is -2.49. The molecule has 0 saturated heterocycles. The van der Waals surface area contributed by atoms with Gasteiger partial charge in [0.2, 0.25) is 0 Å². The van der Waals surface area contributed by atoms with E-state index in [0.717, 1.165) is 15.8 Å². The fraction of sp³-hybridized carbons (Fsp3) is 0.0556. The summed E-state index contributed by atoms with van der Waals surface area (Å²) in [7, 11) is 1.58. The Kier molecular flexibility index (Phi) is 6.63. The molecule has 1 aromatic heterocycles. The fourth-order valence-electron chi connectivity index (χ4n) is 2.31. The molecule has 2 aromatic carbocycles. The number of carbonyl (C=O) groups excluding carboxylic acids is 1. The summed E-state index contributed by atoms with van der Waals surface area (Å²) in [4.78, 5) is 12.9. The lowest BCUT2D eigenvalue weighted by molar-refractivity contribution is 0.0980. The number of hydrogen-bond donors (Lipinski definition) is 4. The zero-order chi connectivity index (χ0) is 20.1. The van der Waals surface area contributed by atoms with Crippen molar-refractivity contribution in [2.75, 3.05) is 12.4 Å². The minimum atomic E-state index is -0.411. The smallest absolute Gasteiger partial charge is 0.269 e. The number of hydrazine groups is 1. The van der Waals surface area contributed by atoms with Crippen LogP contribution in [0.4, 0.5) is 5.69 Å². The van der Waals surface area contributed by atoms with Crippen LogP contribution in [0.15, 0.2) is 48.5 Å². The first kappa shape index (κ1) is 20.3. The number of fused-ring (bicyclic) bond motifs is 1. The van der Waals surface area contributed by atoms with E-state index < -0.39 is 5.91 Å². The van der Waals surface area contributed by atoms with Gasteiger partial charge in [0.25, 0.3) is 5.91 Å². The van der Waals surface area contributed by atoms with Crippen LogP contribution in [0.3, 0.4) is 0 Å². The van der Waals surface area contributed by atoms with Gasteiger partial charge in [0.1, 0.15) is 10.6 Å². The van der Waals surface area contributed by atoms with E-state index >= 15 is 0 Å². The van der Waals surface area contributed by atoms with E-state index in [4.69, 9.17) is 40.8 Å². The number of methoxy groups -OCH3 is 1. The molecule has 6 nitrogen and oxygen atoms in total. The Morgan fingerprint density at radius 1 is 1.07 bits per heavy atom. The van der Waals surface area contributed by atoms with Crippen molar-refractivity contribution in [1.29, 1.82) is 0 Å². The average Bonchev–Trinajstić information content (AvgIpc) is 3.03. The topological polar surface area (TPSA) is 74.4 Å². The average molecular weight is 451 g/mol. The van der Waals surface area contributed by atoms with Crippen LogP contribution in [0.25, 0.3) is 10.1 Å². The predicted molar refractivity (Wildman–Crippen MR) is 122 cm³/mol. The third-order valence-corrected chi connectivity index (χ3v) is 5.66. The third kappa shape index (κ3) is 4.87. The second-order valence-corrected chi connectivity index (χ2v) is 7.71. The van der Waals surface area contributed by atoms with Gasteiger partial charge in [-0.15, -0.1) is 11.3 Å². The summed E-state index contributed by atoms with van der Waals surface area (Å²) in [5.41, 5.74) is 6.20. The number of anilines is 1. The Morgan fingerprint density at radius 3 is 2.50 bits per heavy atom. The molecule has 4 N–H and O–H groups in total. The zero-order valence-corrected chi connectivity index (χ0v) is 17.7. The second kappa shape index (κ2) is 9.16. The molecule has 1 amide bonds. The molecule has 0 aliphatic carbocycles. The summed E-state index contributed by atoms with van der Waals surface area (Å²) in [5.74, 6) is 0.282. The number of thiocarbonyl (C=S) groups is 2. The largest absolute Gasteiger partial charge is 0.497 e. The molecule has 144 valence electrons. The highest BCUT2D eigenvalue weighted by atomic mass is 35.5. The van der Waals surface area contributed by atoms with Gasteiger partial charge >= 0.3 is 0 Å². The van der Waals surface area contributed by atoms with E-state index in [1.54, 1.807) is 13.2 Å². The van der Waals surface area contributed by atoms with Crippen molar-refractivity contribution in [2.45, 2.75) is 0 Å². The highest BCUT2D eigenvalue weighted by Gasteiger charge is 2.18. The summed E-state index contributed by atoms with van der Waals surface area (Å²) < 4.78 is 6.05. The standard InChI is InChI=1S/C18H15ClN4O2S3/c1-25-11-7-8-12-13(9-11)28-15(14(12)19)16(24)21-18(27)23-22-17(26)20-10-5-3-2-4-6-10/h2-9H,1H3,(H2,20,22,26)(H2,21,23,24,27). The van der Waals surface area contributed by atoms with E-state index in [9.17, 15) is 4.79 Å². The Balaban J connectivity index is 1.58. The second-order valence-electron chi connectivity index (χ2n) is 5.46. The minimum absolute atomic E-state index is 0.0633. The number of halogens is 1. The van der Waals surface area contributed by atoms with Gasteiger partial charge in [-0.3, -0.25) is 21.0 Å². The molecule has 0 radical (unpaired) electrons. The van der Waals surface area contributed by atoms with E-state index in [2.05, 4.69) is 21.5 Å². The summed E-state index contributed by atoms with van der Waals surface area (Å²) in [5, 5.41) is 7.06. The normalized spacial score (nSPS) is 10.2. The van der Waals surface area contributed by atoms with Crippen LogP contribution in [0.5, 0.6) is 5.75 Å². The van der Waals surface area contributed by atoms with Gasteiger partial charge in [0, 0.05) is 15.8 Å². The molecule has 0 bridgehead atoms. The van der Waals surface area contributed by atoms with E-state index in [0.29, 0.717) is 20.8 Å². The van der Waals surface area contributed by atoms with Crippen molar-refractivity contribution in [3.05, 3.63) is 58.4 Å². The zero-order valence-electron chi connectivity index (χ0n) is 14.5. The number of nitrogens with one attached hydrogen (secondary N) is 4. The summed E-state index contributed by atoms with van der Waals surface area (Å²) >= 11 is 17.9. The van der Waals surface area contributed by atoms with Gasteiger partial charge in [-0.05, 0) is 54.8 Å². The van der Waals surface area contributed by atoms with E-state index in [-0.39, 0.29) is 5.11 Å². The van der Waals surface area contributed by atoms with Gasteiger partial charge in [0.15, 0.2) is 10.2 Å². The van der Waals surface area contributed by atoms with Crippen molar-refractivity contribution in [3.63, 3.8) is 0 Å². The SMILES string of the molecule is COc1ccc2c(Cl)c(C(=O)NC(=S)NNC(=S)Nc3ccccc3)sc2c1. The van der Waals surface area contributed by atoms with Crippen molar-refractivity contribution >= 4 is 79.3 Å². The van der Waals surface area contributed by atoms with Crippen LogP contribution < -0.4 is 26.2 Å². The number of carbonyl (C=O) groups is 1. The first-order valence-corrected chi connectivity index (χ1v) is 9.98. The molecule has 0 atom stereocenters. The minimum Gasteiger partial charge on any atom is -0.497 e. The summed E-state index contributed by atoms with van der Waals surface area (Å²) in [6.07, 6.45) is 0. The molecule has 3 rings (SSSR count). The Labute approximate surface area is 181 Å². The molecular formula is C18H15ClN4O2S3. The summed E-state index contributed by atoms with van der Waals surface area (Å²) in [6, 6.07) is 14.8. The molecule has 3 aromatic rings. The van der Waals surface area contributed by atoms with Crippen molar-refractivity contribution in [3.8, 4) is 5.75 Å². The molecule has 0 fully saturated rings. The van der Waals surface area contributed by atoms with Crippen LogP contribution in [-0.2, 0) is 0 Å². The first-order valence-electron chi connectivity index (χ1n) is 7.97. The monoisotopic (exact) mass is 450 g/mol. The molecule has 28 heavy (non-hydrogen) atoms. The van der Waals surface area contributed by atoms with Crippen LogP contribution in [0.2, 0.25) is 5.02 Å². The Hall–Kier alpha value is -2.46. The van der Waals surface area contributed by atoms with Crippen molar-refractivity contribution in [2.24, 2.45) is 0 Å². The molecule has 0 spiro atoms. The lowest BCUT2D eigenvalue weighted by atomic mass is 10.2. The van der Waals surface area contributed by atoms with Crippen LogP contribution in [0, 0.1) is 0 Å². The molecule has 10 heteroatoms. The highest BCUT2D eigenvalue weighted by molar-refractivity contribution is 7.80. The van der Waals surface area contributed by atoms with Crippen LogP contribution in [0.1, 0.15) is 9.67 Å². The lowest BCUT2D eigenvalue weighted by Gasteiger charge is -2.13. The van der Waals surface area contributed by atoms with E-state index in [1.165, 1.54) is 11.3 Å². The van der Waals surface area contributed by atoms with Gasteiger partial charge in [-0.2, -0.15) is 0 Å². The number of thiophene rings is 1. The Morgan fingerprint density at radius 2 is 1.79 bits per heavy atom. The molecule has 0 aliphatic rings. The van der Waals surface area contributed by atoms with Crippen LogP contribution in [-0.4, -0.2) is 23.2 Å². The fourth-order valence-corrected chi connectivity index (χ4v) is 4.06. The quantitative estimate of drug-likeness (QED) is 0.354. The molecule has 1 heterocycles. The summed E-state index contributed by atoms with van der Waals surface area (Å²) in [6.45, 7) is 0. The molecule has 0 aliphatic heterocycles. The van der Waals surface area contributed by atoms with Gasteiger partial charge in [-0.25, -0.2) is 0 Å². The Bertz CT molecular complexity index is 1040. The molecule has 0 saturated carbocycles. The van der Waals surface area contributed by atoms with Gasteiger partial charge in [0.05, 0.1) is 12.1 Å². The van der Waals surface area contributed by atoms with Crippen molar-refractivity contribution in [1.82, 2.24) is 16.2 Å². The first-order chi connectivity index (χ1) is 13.5. The number of amides is 1. The highest BCUT2D eigenvalue weighted by Crippen LogP contribution is 2.37. The van der Waals surface area contributed by atoms with Gasteiger partial charge in [-0.1, -0.05) is 29.8 Å². The molecule has 0 unspecified atom stereocenters. The number of rotatable bonds is 3. The number of benzene rings is 2. The maximum Gasteiger partial charge on any atom is 0.269 e.